The van der Waals surface area contributed by atoms with Crippen molar-refractivity contribution in [3.63, 3.8) is 0 Å². The molecule has 0 spiro atoms. The Morgan fingerprint density at radius 3 is 2.60 bits per heavy atom. The summed E-state index contributed by atoms with van der Waals surface area (Å²) in [4.78, 5) is 17.3. The van der Waals surface area contributed by atoms with Gasteiger partial charge in [0.1, 0.15) is 6.26 Å². The molecule has 6 heteroatoms. The van der Waals surface area contributed by atoms with Crippen molar-refractivity contribution in [2.75, 3.05) is 5.32 Å². The molecule has 0 aliphatic heterocycles. The maximum Gasteiger partial charge on any atom is 0.226 e. The summed E-state index contributed by atoms with van der Waals surface area (Å²) in [7, 11) is 0. The van der Waals surface area contributed by atoms with E-state index in [0.29, 0.717) is 18.4 Å². The van der Waals surface area contributed by atoms with Gasteiger partial charge in [0.05, 0.1) is 17.9 Å². The molecule has 0 bridgehead atoms. The topological polar surface area (TPSA) is 76.7 Å². The Hall–Kier alpha value is -3.54. The number of hydrogen-bond donors (Lipinski definition) is 1. The lowest BCUT2D eigenvalue weighted by Crippen LogP contribution is -2.04. The van der Waals surface area contributed by atoms with Gasteiger partial charge in [-0.3, -0.25) is 4.98 Å². The van der Waals surface area contributed by atoms with E-state index in [1.807, 2.05) is 48.5 Å². The molecule has 6 nitrogen and oxygen atoms in total. The van der Waals surface area contributed by atoms with Crippen LogP contribution in [-0.4, -0.2) is 19.9 Å². The van der Waals surface area contributed by atoms with Crippen molar-refractivity contribution in [2.24, 2.45) is 0 Å². The van der Waals surface area contributed by atoms with Crippen molar-refractivity contribution in [1.82, 2.24) is 19.9 Å². The van der Waals surface area contributed by atoms with Crippen LogP contribution in [0.4, 0.5) is 5.95 Å². The van der Waals surface area contributed by atoms with Crippen LogP contribution in [0.15, 0.2) is 77.8 Å². The molecule has 1 N–H and O–H groups in total. The molecule has 0 atom stereocenters. The lowest BCUT2D eigenvalue weighted by atomic mass is 10.2. The van der Waals surface area contributed by atoms with Gasteiger partial charge in [-0.25, -0.2) is 15.0 Å². The quantitative estimate of drug-likeness (QED) is 0.600. The zero-order chi connectivity index (χ0) is 16.9. The number of nitrogens with one attached hydrogen (secondary N) is 1. The van der Waals surface area contributed by atoms with Gasteiger partial charge in [-0.15, -0.1) is 0 Å². The highest BCUT2D eigenvalue weighted by molar-refractivity contribution is 5.58. The Morgan fingerprint density at radius 1 is 0.880 bits per heavy atom. The molecule has 0 aliphatic rings. The van der Waals surface area contributed by atoms with Crippen LogP contribution in [0.25, 0.3) is 22.7 Å². The van der Waals surface area contributed by atoms with Crippen LogP contribution in [0.5, 0.6) is 0 Å². The molecule has 0 unspecified atom stereocenters. The fraction of sp³-hybridized carbons (Fsp3) is 0.0526. The highest BCUT2D eigenvalue weighted by Gasteiger charge is 2.07. The van der Waals surface area contributed by atoms with E-state index in [-0.39, 0.29) is 0 Å². The van der Waals surface area contributed by atoms with Crippen LogP contribution in [0, 0.1) is 0 Å². The van der Waals surface area contributed by atoms with Gasteiger partial charge in [0.2, 0.25) is 11.8 Å². The lowest BCUT2D eigenvalue weighted by molar-refractivity contribution is 0.573. The van der Waals surface area contributed by atoms with E-state index < -0.39 is 0 Å². The van der Waals surface area contributed by atoms with Crippen LogP contribution in [0.3, 0.4) is 0 Å². The van der Waals surface area contributed by atoms with E-state index in [4.69, 9.17) is 4.42 Å². The molecule has 122 valence electrons. The van der Waals surface area contributed by atoms with E-state index in [9.17, 15) is 0 Å². The molecule has 3 heterocycles. The first-order valence-corrected chi connectivity index (χ1v) is 7.85. The molecule has 0 saturated carbocycles. The summed E-state index contributed by atoms with van der Waals surface area (Å²) < 4.78 is 5.53. The third-order valence-electron chi connectivity index (χ3n) is 3.61. The Bertz CT molecular complexity index is 954. The van der Waals surface area contributed by atoms with Gasteiger partial charge in [0.15, 0.2) is 0 Å². The van der Waals surface area contributed by atoms with Crippen LogP contribution in [-0.2, 0) is 6.54 Å². The van der Waals surface area contributed by atoms with Crippen LogP contribution >= 0.6 is 0 Å². The average Bonchev–Trinajstić information content (AvgIpc) is 3.17. The molecular formula is C19H15N5O. The summed E-state index contributed by atoms with van der Waals surface area (Å²) >= 11 is 0. The minimum atomic E-state index is 0.479. The first-order valence-electron chi connectivity index (χ1n) is 7.85. The van der Waals surface area contributed by atoms with E-state index in [1.54, 1.807) is 24.9 Å². The summed E-state index contributed by atoms with van der Waals surface area (Å²) in [6.07, 6.45) is 6.87. The highest BCUT2D eigenvalue weighted by Crippen LogP contribution is 2.19. The second kappa shape index (κ2) is 6.92. The molecule has 3 aromatic heterocycles. The van der Waals surface area contributed by atoms with Gasteiger partial charge in [-0.2, -0.15) is 0 Å². The van der Waals surface area contributed by atoms with Crippen LogP contribution in [0.1, 0.15) is 5.69 Å². The maximum absolute atomic E-state index is 5.53. The van der Waals surface area contributed by atoms with Crippen molar-refractivity contribution >= 4 is 5.95 Å². The molecule has 0 amide bonds. The molecule has 0 fully saturated rings. The van der Waals surface area contributed by atoms with Gasteiger partial charge in [0.25, 0.3) is 0 Å². The van der Waals surface area contributed by atoms with Crippen molar-refractivity contribution < 1.29 is 4.42 Å². The fourth-order valence-electron chi connectivity index (χ4n) is 2.39. The number of nitrogens with zero attached hydrogens (tertiary/aromatic N) is 4. The second-order valence-corrected chi connectivity index (χ2v) is 5.37. The number of hydrogen-bond acceptors (Lipinski definition) is 6. The monoisotopic (exact) mass is 329 g/mol. The van der Waals surface area contributed by atoms with E-state index in [0.717, 1.165) is 22.5 Å². The summed E-state index contributed by atoms with van der Waals surface area (Å²) in [5, 5.41) is 3.17. The first-order chi connectivity index (χ1) is 12.4. The van der Waals surface area contributed by atoms with Crippen molar-refractivity contribution in [1.29, 1.82) is 0 Å². The first kappa shape index (κ1) is 15.0. The van der Waals surface area contributed by atoms with Crippen molar-refractivity contribution in [3.05, 3.63) is 79.1 Å². The predicted molar refractivity (Wildman–Crippen MR) is 94.5 cm³/mol. The smallest absolute Gasteiger partial charge is 0.226 e. The SMILES string of the molecule is c1ccc(-c2nc(CNc3nccc(-c4cccnc4)n3)co2)cc1. The molecular weight excluding hydrogens is 314 g/mol. The number of benzene rings is 1. The molecule has 1 aromatic carbocycles. The van der Waals surface area contributed by atoms with Crippen molar-refractivity contribution in [3.8, 4) is 22.7 Å². The zero-order valence-corrected chi connectivity index (χ0v) is 13.3. The largest absolute Gasteiger partial charge is 0.444 e. The third-order valence-corrected chi connectivity index (χ3v) is 3.61. The second-order valence-electron chi connectivity index (χ2n) is 5.37. The molecule has 4 aromatic rings. The predicted octanol–water partition coefficient (Wildman–Crippen LogP) is 3.81. The Labute approximate surface area is 144 Å². The van der Waals surface area contributed by atoms with Gasteiger partial charge in [-0.05, 0) is 30.3 Å². The summed E-state index contributed by atoms with van der Waals surface area (Å²) in [6, 6.07) is 15.5. The number of aromatic nitrogens is 4. The van der Waals surface area contributed by atoms with E-state index in [1.165, 1.54) is 0 Å². The Balaban J connectivity index is 1.46. The third kappa shape index (κ3) is 3.53. The molecule has 4 rings (SSSR count). The fourth-order valence-corrected chi connectivity index (χ4v) is 2.39. The minimum Gasteiger partial charge on any atom is -0.444 e. The molecule has 0 radical (unpaired) electrons. The summed E-state index contributed by atoms with van der Waals surface area (Å²) in [5.74, 6) is 1.13. The van der Waals surface area contributed by atoms with E-state index in [2.05, 4.69) is 25.3 Å². The van der Waals surface area contributed by atoms with Gasteiger partial charge >= 0.3 is 0 Å². The van der Waals surface area contributed by atoms with Crippen LogP contribution < -0.4 is 5.32 Å². The highest BCUT2D eigenvalue weighted by atomic mass is 16.3. The molecule has 0 aliphatic carbocycles. The zero-order valence-electron chi connectivity index (χ0n) is 13.3. The van der Waals surface area contributed by atoms with E-state index >= 15 is 0 Å². The minimum absolute atomic E-state index is 0.479. The number of pyridine rings is 1. The Morgan fingerprint density at radius 2 is 1.76 bits per heavy atom. The molecule has 25 heavy (non-hydrogen) atoms. The average molecular weight is 329 g/mol. The van der Waals surface area contributed by atoms with Gasteiger partial charge < -0.3 is 9.73 Å². The number of rotatable bonds is 5. The lowest BCUT2D eigenvalue weighted by Gasteiger charge is -2.04. The summed E-state index contributed by atoms with van der Waals surface area (Å²) in [5.41, 5.74) is 3.49. The van der Waals surface area contributed by atoms with Crippen LogP contribution in [0.2, 0.25) is 0 Å². The number of oxazole rings is 1. The normalized spacial score (nSPS) is 10.6. The maximum atomic E-state index is 5.53. The summed E-state index contributed by atoms with van der Waals surface area (Å²) in [6.45, 7) is 0.479. The van der Waals surface area contributed by atoms with Gasteiger partial charge in [-0.1, -0.05) is 18.2 Å². The van der Waals surface area contributed by atoms with Gasteiger partial charge in [0, 0.05) is 29.7 Å². The Kier molecular flexibility index (Phi) is 4.16. The molecule has 0 saturated heterocycles. The standard InChI is InChI=1S/C19H15N5O/c1-2-5-14(6-3-1)18-23-16(13-25-18)12-22-19-21-10-8-17(24-19)15-7-4-9-20-11-15/h1-11,13H,12H2,(H,21,22,24). The number of anilines is 1. The van der Waals surface area contributed by atoms with Crippen molar-refractivity contribution in [2.45, 2.75) is 6.54 Å².